The van der Waals surface area contributed by atoms with E-state index in [0.29, 0.717) is 6.54 Å². The first-order chi connectivity index (χ1) is 9.83. The zero-order valence-electron chi connectivity index (χ0n) is 12.1. The number of nitrogens with zero attached hydrogens (tertiary/aromatic N) is 4. The second-order valence-corrected chi connectivity index (χ2v) is 4.88. The molecule has 0 saturated heterocycles. The van der Waals surface area contributed by atoms with E-state index in [1.807, 2.05) is 10.7 Å². The van der Waals surface area contributed by atoms with Gasteiger partial charge >= 0.3 is 0 Å². The molecule has 0 bridgehead atoms. The Balaban J connectivity index is 2.03. The van der Waals surface area contributed by atoms with E-state index >= 15 is 0 Å². The van der Waals surface area contributed by atoms with Gasteiger partial charge in [0.05, 0.1) is 6.54 Å². The van der Waals surface area contributed by atoms with E-state index in [-0.39, 0.29) is 0 Å². The van der Waals surface area contributed by atoms with Crippen LogP contribution in [-0.2, 0) is 19.6 Å². The van der Waals surface area contributed by atoms with Gasteiger partial charge in [0, 0.05) is 26.2 Å². The highest BCUT2D eigenvalue weighted by molar-refractivity contribution is 5.14. The molecule has 0 spiro atoms. The molecule has 1 aromatic heterocycles. The Morgan fingerprint density at radius 2 is 2.00 bits per heavy atom. The van der Waals surface area contributed by atoms with Crippen LogP contribution in [0.25, 0.3) is 0 Å². The van der Waals surface area contributed by atoms with Gasteiger partial charge in [-0.2, -0.15) is 5.10 Å². The van der Waals surface area contributed by atoms with Gasteiger partial charge in [0.15, 0.2) is 0 Å². The molecule has 1 heterocycles. The Bertz CT molecular complexity index is 494. The van der Waals surface area contributed by atoms with E-state index in [2.05, 4.69) is 46.2 Å². The molecule has 0 atom stereocenters. The van der Waals surface area contributed by atoms with Crippen molar-refractivity contribution in [1.82, 2.24) is 19.7 Å². The summed E-state index contributed by atoms with van der Waals surface area (Å²) >= 11 is 0. The molecule has 1 aromatic carbocycles. The van der Waals surface area contributed by atoms with Crippen LogP contribution in [0.15, 0.2) is 36.7 Å². The van der Waals surface area contributed by atoms with Crippen LogP contribution in [0.1, 0.15) is 24.7 Å². The molecule has 0 unspecified atom stereocenters. The maximum absolute atomic E-state index is 5.72. The van der Waals surface area contributed by atoms with Crippen molar-refractivity contribution in [2.75, 3.05) is 13.1 Å². The number of hydrogen-bond acceptors (Lipinski definition) is 4. The standard InChI is InChI=1S/C15H23N5/c1-2-9-20-15(17-13-18-20)12-19(10-8-16)11-14-6-4-3-5-7-14/h3-7,13H,2,8-12,16H2,1H3. The summed E-state index contributed by atoms with van der Waals surface area (Å²) in [5.74, 6) is 1.01. The molecule has 0 aliphatic carbocycles. The van der Waals surface area contributed by atoms with Gasteiger partial charge in [-0.15, -0.1) is 0 Å². The van der Waals surface area contributed by atoms with E-state index in [1.54, 1.807) is 6.33 Å². The second kappa shape index (κ2) is 7.77. The number of benzene rings is 1. The molecule has 0 amide bonds. The van der Waals surface area contributed by atoms with E-state index in [4.69, 9.17) is 5.73 Å². The Morgan fingerprint density at radius 1 is 1.20 bits per heavy atom. The third-order valence-corrected chi connectivity index (χ3v) is 3.19. The van der Waals surface area contributed by atoms with Gasteiger partial charge in [0.2, 0.25) is 0 Å². The molecule has 0 fully saturated rings. The minimum absolute atomic E-state index is 0.648. The zero-order chi connectivity index (χ0) is 14.2. The van der Waals surface area contributed by atoms with Gasteiger partial charge < -0.3 is 5.73 Å². The molecule has 5 heteroatoms. The Labute approximate surface area is 120 Å². The first-order valence-electron chi connectivity index (χ1n) is 7.16. The molecule has 20 heavy (non-hydrogen) atoms. The highest BCUT2D eigenvalue weighted by Crippen LogP contribution is 2.08. The molecule has 2 rings (SSSR count). The molecule has 2 N–H and O–H groups in total. The lowest BCUT2D eigenvalue weighted by Gasteiger charge is -2.21. The van der Waals surface area contributed by atoms with Crippen molar-refractivity contribution in [2.45, 2.75) is 33.0 Å². The van der Waals surface area contributed by atoms with E-state index < -0.39 is 0 Å². The minimum Gasteiger partial charge on any atom is -0.329 e. The van der Waals surface area contributed by atoms with Crippen LogP contribution in [0.3, 0.4) is 0 Å². The van der Waals surface area contributed by atoms with Crippen LogP contribution in [-0.4, -0.2) is 32.8 Å². The fraction of sp³-hybridized carbons (Fsp3) is 0.467. The Morgan fingerprint density at radius 3 is 2.70 bits per heavy atom. The summed E-state index contributed by atoms with van der Waals surface area (Å²) in [5, 5.41) is 4.27. The lowest BCUT2D eigenvalue weighted by atomic mass is 10.2. The molecule has 5 nitrogen and oxygen atoms in total. The minimum atomic E-state index is 0.648. The predicted octanol–water partition coefficient (Wildman–Crippen LogP) is 1.65. The van der Waals surface area contributed by atoms with E-state index in [0.717, 1.165) is 38.4 Å². The summed E-state index contributed by atoms with van der Waals surface area (Å²) in [6, 6.07) is 10.4. The SMILES string of the molecule is CCCn1ncnc1CN(CCN)Cc1ccccc1. The van der Waals surface area contributed by atoms with Crippen molar-refractivity contribution in [3.05, 3.63) is 48.0 Å². The zero-order valence-corrected chi connectivity index (χ0v) is 12.1. The lowest BCUT2D eigenvalue weighted by Crippen LogP contribution is -2.30. The van der Waals surface area contributed by atoms with Crippen molar-refractivity contribution in [3.8, 4) is 0 Å². The molecule has 0 saturated carbocycles. The monoisotopic (exact) mass is 273 g/mol. The molecule has 0 aliphatic rings. The van der Waals surface area contributed by atoms with Crippen LogP contribution < -0.4 is 5.73 Å². The van der Waals surface area contributed by atoms with Crippen molar-refractivity contribution in [3.63, 3.8) is 0 Å². The van der Waals surface area contributed by atoms with Crippen LogP contribution in [0.2, 0.25) is 0 Å². The summed E-state index contributed by atoms with van der Waals surface area (Å²) in [6.07, 6.45) is 2.69. The quantitative estimate of drug-likeness (QED) is 0.794. The fourth-order valence-corrected chi connectivity index (χ4v) is 2.25. The molecule has 108 valence electrons. The van der Waals surface area contributed by atoms with Crippen LogP contribution >= 0.6 is 0 Å². The van der Waals surface area contributed by atoms with E-state index in [9.17, 15) is 0 Å². The predicted molar refractivity (Wildman–Crippen MR) is 79.9 cm³/mol. The second-order valence-electron chi connectivity index (χ2n) is 4.88. The van der Waals surface area contributed by atoms with Gasteiger partial charge in [0.1, 0.15) is 12.2 Å². The van der Waals surface area contributed by atoms with Crippen LogP contribution in [0.4, 0.5) is 0 Å². The lowest BCUT2D eigenvalue weighted by molar-refractivity contribution is 0.252. The topological polar surface area (TPSA) is 60.0 Å². The molecular weight excluding hydrogens is 250 g/mol. The van der Waals surface area contributed by atoms with Crippen molar-refractivity contribution < 1.29 is 0 Å². The van der Waals surface area contributed by atoms with Gasteiger partial charge in [-0.1, -0.05) is 37.3 Å². The van der Waals surface area contributed by atoms with Gasteiger partial charge in [0.25, 0.3) is 0 Å². The third kappa shape index (κ3) is 4.15. The number of aryl methyl sites for hydroxylation is 1. The summed E-state index contributed by atoms with van der Waals surface area (Å²) in [5.41, 5.74) is 7.02. The highest BCUT2D eigenvalue weighted by atomic mass is 15.3. The average molecular weight is 273 g/mol. The number of aromatic nitrogens is 3. The maximum Gasteiger partial charge on any atom is 0.141 e. The van der Waals surface area contributed by atoms with Crippen molar-refractivity contribution >= 4 is 0 Å². The molecular formula is C15H23N5. The normalized spacial score (nSPS) is 11.2. The smallest absolute Gasteiger partial charge is 0.141 e. The number of hydrogen-bond donors (Lipinski definition) is 1. The van der Waals surface area contributed by atoms with Crippen molar-refractivity contribution in [1.29, 1.82) is 0 Å². The molecule has 0 radical (unpaired) electrons. The van der Waals surface area contributed by atoms with Gasteiger partial charge in [-0.05, 0) is 12.0 Å². The van der Waals surface area contributed by atoms with Crippen LogP contribution in [0, 0.1) is 0 Å². The Kier molecular flexibility index (Phi) is 5.70. The summed E-state index contributed by atoms with van der Waals surface area (Å²) in [4.78, 5) is 6.68. The Hall–Kier alpha value is -1.72. The summed E-state index contributed by atoms with van der Waals surface area (Å²) < 4.78 is 1.98. The molecule has 2 aromatic rings. The third-order valence-electron chi connectivity index (χ3n) is 3.19. The van der Waals surface area contributed by atoms with Gasteiger partial charge in [-0.25, -0.2) is 9.67 Å². The van der Waals surface area contributed by atoms with E-state index in [1.165, 1.54) is 5.56 Å². The fourth-order valence-electron chi connectivity index (χ4n) is 2.25. The first-order valence-corrected chi connectivity index (χ1v) is 7.16. The van der Waals surface area contributed by atoms with Crippen molar-refractivity contribution in [2.24, 2.45) is 5.73 Å². The summed E-state index contributed by atoms with van der Waals surface area (Å²) in [6.45, 7) is 6.23. The average Bonchev–Trinajstić information content (AvgIpc) is 2.88. The van der Waals surface area contributed by atoms with Crippen LogP contribution in [0.5, 0.6) is 0 Å². The molecule has 0 aliphatic heterocycles. The number of nitrogens with two attached hydrogens (primary N) is 1. The first kappa shape index (κ1) is 14.7. The number of rotatable bonds is 8. The van der Waals surface area contributed by atoms with Gasteiger partial charge in [-0.3, -0.25) is 4.90 Å². The highest BCUT2D eigenvalue weighted by Gasteiger charge is 2.10. The largest absolute Gasteiger partial charge is 0.329 e. The summed E-state index contributed by atoms with van der Waals surface area (Å²) in [7, 11) is 0. The maximum atomic E-state index is 5.72.